The summed E-state index contributed by atoms with van der Waals surface area (Å²) in [4.78, 5) is 26.8. The molecule has 0 saturated carbocycles. The minimum absolute atomic E-state index is 0.169. The lowest BCUT2D eigenvalue weighted by Crippen LogP contribution is -2.52. The first-order valence-electron chi connectivity index (χ1n) is 15.0. The van der Waals surface area contributed by atoms with E-state index in [9.17, 15) is 9.59 Å². The molecule has 3 aromatic rings. The lowest BCUT2D eigenvalue weighted by atomic mass is 10.0. The van der Waals surface area contributed by atoms with E-state index in [2.05, 4.69) is 31.9 Å². The summed E-state index contributed by atoms with van der Waals surface area (Å²) in [6.07, 6.45) is -3.61. The molecular formula is C34H38Br2O10. The summed E-state index contributed by atoms with van der Waals surface area (Å²) in [7, 11) is 0. The fourth-order valence-corrected chi connectivity index (χ4v) is 5.64. The van der Waals surface area contributed by atoms with E-state index in [4.69, 9.17) is 37.9 Å². The van der Waals surface area contributed by atoms with Crippen LogP contribution in [-0.2, 0) is 28.4 Å². The number of rotatable bonds is 6. The lowest BCUT2D eigenvalue weighted by molar-refractivity contribution is -0.140. The van der Waals surface area contributed by atoms with Crippen LogP contribution < -0.4 is 9.47 Å². The van der Waals surface area contributed by atoms with Gasteiger partial charge in [0.15, 0.2) is 23.7 Å². The van der Waals surface area contributed by atoms with Crippen LogP contribution in [0.1, 0.15) is 20.7 Å². The first-order valence-corrected chi connectivity index (χ1v) is 17.2. The standard InChI is InChI=1S/C34H38Br2O10/c35-23-29-31(45-33(37)25-9-3-1-4-10-25)32(46-34(38)26-11-5-2-6-12-26)30(24-36)44-22-18-40-16-20-42-28-14-8-7-13-27(28)41-19-15-39-17-21-43-29/h1-14,29-32H,15-24H2/t29-,30-,31-,32?/m0/s1. The Hall–Kier alpha value is -3.00. The highest BCUT2D eigenvalue weighted by molar-refractivity contribution is 9.09. The number of halogens is 2. The molecule has 10 nitrogen and oxygen atoms in total. The zero-order valence-electron chi connectivity index (χ0n) is 25.3. The average Bonchev–Trinajstić information content (AvgIpc) is 3.10. The Labute approximate surface area is 285 Å². The highest BCUT2D eigenvalue weighted by Gasteiger charge is 2.42. The Morgan fingerprint density at radius 3 is 1.30 bits per heavy atom. The van der Waals surface area contributed by atoms with E-state index in [-0.39, 0.29) is 37.1 Å². The van der Waals surface area contributed by atoms with Crippen LogP contribution in [0.25, 0.3) is 0 Å². The molecule has 1 aliphatic heterocycles. The van der Waals surface area contributed by atoms with Gasteiger partial charge in [-0.15, -0.1) is 0 Å². The van der Waals surface area contributed by atoms with Gasteiger partial charge in [0.1, 0.15) is 25.4 Å². The van der Waals surface area contributed by atoms with Crippen molar-refractivity contribution >= 4 is 43.8 Å². The molecule has 1 unspecified atom stereocenters. The smallest absolute Gasteiger partial charge is 0.338 e. The number of fused-ring (bicyclic) bond motifs is 1. The molecule has 0 aliphatic carbocycles. The summed E-state index contributed by atoms with van der Waals surface area (Å²) in [5.74, 6) is 0.0268. The van der Waals surface area contributed by atoms with Crippen molar-refractivity contribution in [3.05, 3.63) is 96.1 Å². The van der Waals surface area contributed by atoms with Gasteiger partial charge in [-0.1, -0.05) is 80.4 Å². The highest BCUT2D eigenvalue weighted by atomic mass is 79.9. The first-order chi connectivity index (χ1) is 22.6. The monoisotopic (exact) mass is 764 g/mol. The molecule has 0 fully saturated rings. The number of carbonyl (C=O) groups is 2. The maximum absolute atomic E-state index is 13.4. The van der Waals surface area contributed by atoms with Crippen molar-refractivity contribution in [1.82, 2.24) is 0 Å². The van der Waals surface area contributed by atoms with Crippen LogP contribution in [-0.4, -0.2) is 99.9 Å². The summed E-state index contributed by atoms with van der Waals surface area (Å²) < 4.78 is 47.8. The maximum atomic E-state index is 13.4. The summed E-state index contributed by atoms with van der Waals surface area (Å²) >= 11 is 7.04. The molecule has 248 valence electrons. The number of ether oxygens (including phenoxy) is 8. The van der Waals surface area contributed by atoms with Gasteiger partial charge in [-0.25, -0.2) is 9.59 Å². The zero-order valence-corrected chi connectivity index (χ0v) is 28.5. The molecule has 0 bridgehead atoms. The number of hydrogen-bond donors (Lipinski definition) is 0. The van der Waals surface area contributed by atoms with Gasteiger partial charge < -0.3 is 37.9 Å². The Morgan fingerprint density at radius 2 is 0.913 bits per heavy atom. The number of carbonyl (C=O) groups excluding carboxylic acids is 2. The number of esters is 2. The Morgan fingerprint density at radius 1 is 0.543 bits per heavy atom. The van der Waals surface area contributed by atoms with E-state index in [0.29, 0.717) is 49.1 Å². The minimum Gasteiger partial charge on any atom is -0.487 e. The normalized spacial score (nSPS) is 22.2. The Balaban J connectivity index is 1.57. The van der Waals surface area contributed by atoms with Crippen LogP contribution in [0.5, 0.6) is 11.5 Å². The minimum atomic E-state index is -1.07. The van der Waals surface area contributed by atoms with Crippen LogP contribution in [0.3, 0.4) is 0 Å². The van der Waals surface area contributed by atoms with Gasteiger partial charge in [-0.2, -0.15) is 0 Å². The summed E-state index contributed by atoms with van der Waals surface area (Å²) in [5.41, 5.74) is 0.680. The second-order valence-electron chi connectivity index (χ2n) is 9.97. The summed E-state index contributed by atoms with van der Waals surface area (Å²) in [6, 6.07) is 24.6. The third kappa shape index (κ3) is 11.4. The molecule has 46 heavy (non-hydrogen) atoms. The molecule has 0 radical (unpaired) electrons. The molecule has 12 heteroatoms. The van der Waals surface area contributed by atoms with Crippen molar-refractivity contribution in [1.29, 1.82) is 0 Å². The van der Waals surface area contributed by atoms with Gasteiger partial charge in [-0.05, 0) is 36.4 Å². The van der Waals surface area contributed by atoms with Gasteiger partial charge in [-0.3, -0.25) is 0 Å². The molecule has 0 N–H and O–H groups in total. The molecule has 1 aliphatic rings. The van der Waals surface area contributed by atoms with Gasteiger partial charge in [0.25, 0.3) is 0 Å². The second kappa shape index (κ2) is 20.3. The number of hydrogen-bond acceptors (Lipinski definition) is 10. The number of alkyl halides is 2. The zero-order chi connectivity index (χ0) is 32.4. The quantitative estimate of drug-likeness (QED) is 0.236. The predicted molar refractivity (Wildman–Crippen MR) is 177 cm³/mol. The SMILES string of the molecule is O=C(OC1[C@H](CBr)OCCOCCOc2ccccc2OCCOCCO[C@@H](CBr)[C@@H]1OC(=O)c1ccccc1)c1ccccc1. The summed E-state index contributed by atoms with van der Waals surface area (Å²) in [6.45, 7) is 2.05. The van der Waals surface area contributed by atoms with E-state index >= 15 is 0 Å². The van der Waals surface area contributed by atoms with Crippen molar-refractivity contribution in [2.24, 2.45) is 0 Å². The third-order valence-electron chi connectivity index (χ3n) is 6.80. The van der Waals surface area contributed by atoms with Gasteiger partial charge >= 0.3 is 11.9 Å². The first kappa shape index (κ1) is 35.8. The molecule has 0 amide bonds. The van der Waals surface area contributed by atoms with E-state index in [0.717, 1.165) is 0 Å². The van der Waals surface area contributed by atoms with Crippen LogP contribution in [0.2, 0.25) is 0 Å². The van der Waals surface area contributed by atoms with E-state index in [1.807, 2.05) is 24.3 Å². The van der Waals surface area contributed by atoms with Crippen molar-refractivity contribution in [3.63, 3.8) is 0 Å². The van der Waals surface area contributed by atoms with E-state index in [1.54, 1.807) is 60.7 Å². The number of benzene rings is 3. The molecular weight excluding hydrogens is 728 g/mol. The summed E-state index contributed by atoms with van der Waals surface area (Å²) in [5, 5.41) is 0.522. The topological polar surface area (TPSA) is 108 Å². The van der Waals surface area contributed by atoms with Gasteiger partial charge in [0.2, 0.25) is 0 Å². The van der Waals surface area contributed by atoms with Crippen molar-refractivity contribution in [2.45, 2.75) is 24.4 Å². The lowest BCUT2D eigenvalue weighted by Gasteiger charge is -2.35. The van der Waals surface area contributed by atoms with Crippen molar-refractivity contribution < 1.29 is 47.5 Å². The molecule has 1 heterocycles. The molecule has 4 rings (SSSR count). The van der Waals surface area contributed by atoms with E-state index < -0.39 is 36.4 Å². The predicted octanol–water partition coefficient (Wildman–Crippen LogP) is 5.50. The van der Waals surface area contributed by atoms with E-state index in [1.165, 1.54) is 0 Å². The van der Waals surface area contributed by atoms with Crippen LogP contribution >= 0.6 is 31.9 Å². The Kier molecular flexibility index (Phi) is 15.8. The molecule has 0 saturated heterocycles. The maximum Gasteiger partial charge on any atom is 0.338 e. The second-order valence-corrected chi connectivity index (χ2v) is 11.3. The fourth-order valence-electron chi connectivity index (χ4n) is 4.53. The van der Waals surface area contributed by atoms with Gasteiger partial charge in [0, 0.05) is 10.7 Å². The molecule has 0 spiro atoms. The largest absolute Gasteiger partial charge is 0.487 e. The van der Waals surface area contributed by atoms with Crippen LogP contribution in [0.15, 0.2) is 84.9 Å². The fraction of sp³-hybridized carbons (Fsp3) is 0.412. The average molecular weight is 766 g/mol. The van der Waals surface area contributed by atoms with Crippen molar-refractivity contribution in [3.8, 4) is 11.5 Å². The molecule has 4 atom stereocenters. The molecule has 0 aromatic heterocycles. The molecule has 3 aromatic carbocycles. The number of para-hydroxylation sites is 2. The highest BCUT2D eigenvalue weighted by Crippen LogP contribution is 2.27. The van der Waals surface area contributed by atoms with Crippen LogP contribution in [0.4, 0.5) is 0 Å². The Bertz CT molecular complexity index is 1210. The van der Waals surface area contributed by atoms with Crippen LogP contribution in [0, 0.1) is 0 Å². The van der Waals surface area contributed by atoms with Crippen molar-refractivity contribution in [2.75, 3.05) is 63.5 Å². The van der Waals surface area contributed by atoms with Gasteiger partial charge in [0.05, 0.1) is 50.8 Å². The third-order valence-corrected chi connectivity index (χ3v) is 8.08.